The van der Waals surface area contributed by atoms with Crippen LogP contribution in [0.1, 0.15) is 19.8 Å². The maximum atomic E-state index is 12.6. The van der Waals surface area contributed by atoms with Crippen LogP contribution in [-0.4, -0.2) is 41.3 Å². The summed E-state index contributed by atoms with van der Waals surface area (Å²) in [6.07, 6.45) is 0.895. The van der Waals surface area contributed by atoms with Crippen molar-refractivity contribution in [1.29, 1.82) is 0 Å². The Morgan fingerprint density at radius 2 is 1.91 bits per heavy atom. The van der Waals surface area contributed by atoms with Crippen molar-refractivity contribution in [2.24, 2.45) is 5.92 Å². The van der Waals surface area contributed by atoms with Crippen molar-refractivity contribution in [3.8, 4) is 0 Å². The molecule has 2 unspecified atom stereocenters. The molecule has 2 rings (SSSR count). The molecular weight excluding hydrogens is 312 g/mol. The summed E-state index contributed by atoms with van der Waals surface area (Å²) in [5.74, 6) is -1.75. The zero-order valence-corrected chi connectivity index (χ0v) is 12.7. The minimum Gasteiger partial charge on any atom is -0.481 e. The second-order valence-electron chi connectivity index (χ2n) is 5.29. The van der Waals surface area contributed by atoms with Crippen LogP contribution in [0.25, 0.3) is 0 Å². The standard InChI is InChI=1S/C13H16N2O6S/c1-9-2-3-10(13(16)17)8-14(9)22(20,21)12-6-4-11(5-7-12)15(18)19/h4-7,9-10H,2-3,8H2,1H3,(H,16,17). The lowest BCUT2D eigenvalue weighted by atomic mass is 9.96. The van der Waals surface area contributed by atoms with Gasteiger partial charge in [-0.15, -0.1) is 0 Å². The smallest absolute Gasteiger partial charge is 0.307 e. The number of nitro benzene ring substituents is 1. The first-order valence-corrected chi connectivity index (χ1v) is 8.16. The van der Waals surface area contributed by atoms with Gasteiger partial charge in [-0.05, 0) is 31.9 Å². The molecule has 1 aromatic rings. The molecule has 22 heavy (non-hydrogen) atoms. The Hall–Kier alpha value is -2.00. The quantitative estimate of drug-likeness (QED) is 0.660. The van der Waals surface area contributed by atoms with E-state index in [0.29, 0.717) is 12.8 Å². The predicted octanol–water partition coefficient (Wildman–Crippen LogP) is 1.47. The number of hydrogen-bond donors (Lipinski definition) is 1. The summed E-state index contributed by atoms with van der Waals surface area (Å²) in [5.41, 5.74) is -0.200. The van der Waals surface area contributed by atoms with Gasteiger partial charge in [0.2, 0.25) is 10.0 Å². The zero-order valence-electron chi connectivity index (χ0n) is 11.9. The van der Waals surface area contributed by atoms with E-state index in [-0.39, 0.29) is 23.2 Å². The monoisotopic (exact) mass is 328 g/mol. The van der Waals surface area contributed by atoms with Crippen LogP contribution in [-0.2, 0) is 14.8 Å². The third-order valence-electron chi connectivity index (χ3n) is 3.83. The molecule has 0 radical (unpaired) electrons. The van der Waals surface area contributed by atoms with Gasteiger partial charge >= 0.3 is 5.97 Å². The molecule has 1 aliphatic rings. The van der Waals surface area contributed by atoms with Gasteiger partial charge in [0, 0.05) is 24.7 Å². The molecule has 1 saturated heterocycles. The summed E-state index contributed by atoms with van der Waals surface area (Å²) in [5, 5.41) is 19.7. The molecule has 0 amide bonds. The Labute approximate surface area is 127 Å². The summed E-state index contributed by atoms with van der Waals surface area (Å²) >= 11 is 0. The van der Waals surface area contributed by atoms with E-state index in [0.717, 1.165) is 16.4 Å². The third kappa shape index (κ3) is 3.09. The highest BCUT2D eigenvalue weighted by Gasteiger charge is 2.37. The number of carboxylic acid groups (broad SMARTS) is 1. The lowest BCUT2D eigenvalue weighted by Crippen LogP contribution is -2.47. The van der Waals surface area contributed by atoms with Crippen molar-refractivity contribution < 1.29 is 23.2 Å². The van der Waals surface area contributed by atoms with Gasteiger partial charge in [-0.1, -0.05) is 0 Å². The Balaban J connectivity index is 2.31. The Kier molecular flexibility index (Phi) is 4.47. The van der Waals surface area contributed by atoms with Gasteiger partial charge in [0.05, 0.1) is 15.7 Å². The summed E-state index contributed by atoms with van der Waals surface area (Å²) in [4.78, 5) is 21.0. The van der Waals surface area contributed by atoms with Crippen molar-refractivity contribution in [1.82, 2.24) is 4.31 Å². The number of nitro groups is 1. The third-order valence-corrected chi connectivity index (χ3v) is 5.82. The Bertz CT molecular complexity index is 685. The van der Waals surface area contributed by atoms with Crippen LogP contribution < -0.4 is 0 Å². The van der Waals surface area contributed by atoms with E-state index < -0.39 is 26.8 Å². The van der Waals surface area contributed by atoms with Crippen LogP contribution in [0.3, 0.4) is 0 Å². The molecule has 0 aliphatic carbocycles. The molecule has 2 atom stereocenters. The molecule has 1 aliphatic heterocycles. The average Bonchev–Trinajstić information content (AvgIpc) is 2.47. The number of piperidine rings is 1. The van der Waals surface area contributed by atoms with Crippen LogP contribution in [0.5, 0.6) is 0 Å². The minimum atomic E-state index is -3.87. The number of nitrogens with zero attached hydrogens (tertiary/aromatic N) is 2. The largest absolute Gasteiger partial charge is 0.481 e. The second kappa shape index (κ2) is 6.01. The maximum Gasteiger partial charge on any atom is 0.307 e. The van der Waals surface area contributed by atoms with Gasteiger partial charge in [-0.2, -0.15) is 4.31 Å². The van der Waals surface area contributed by atoms with E-state index >= 15 is 0 Å². The summed E-state index contributed by atoms with van der Waals surface area (Å²) in [7, 11) is -3.87. The lowest BCUT2D eigenvalue weighted by molar-refractivity contribution is -0.384. The predicted molar refractivity (Wildman–Crippen MR) is 76.8 cm³/mol. The molecule has 1 fully saturated rings. The number of hydrogen-bond acceptors (Lipinski definition) is 5. The number of benzene rings is 1. The SMILES string of the molecule is CC1CCC(C(=O)O)CN1S(=O)(=O)c1ccc([N+](=O)[O-])cc1. The molecule has 1 heterocycles. The van der Waals surface area contributed by atoms with E-state index in [1.165, 1.54) is 12.1 Å². The van der Waals surface area contributed by atoms with E-state index in [1.807, 2.05) is 0 Å². The second-order valence-corrected chi connectivity index (χ2v) is 7.18. The van der Waals surface area contributed by atoms with Crippen molar-refractivity contribution >= 4 is 21.7 Å². The molecule has 9 heteroatoms. The number of aliphatic carboxylic acids is 1. The van der Waals surface area contributed by atoms with Gasteiger partial charge < -0.3 is 5.11 Å². The fourth-order valence-corrected chi connectivity index (χ4v) is 4.19. The van der Waals surface area contributed by atoms with Gasteiger partial charge in [-0.3, -0.25) is 14.9 Å². The molecule has 0 aromatic heterocycles. The summed E-state index contributed by atoms with van der Waals surface area (Å²) in [6, 6.07) is 4.28. The van der Waals surface area contributed by atoms with Gasteiger partial charge in [0.25, 0.3) is 5.69 Å². The molecule has 120 valence electrons. The topological polar surface area (TPSA) is 118 Å². The van der Waals surface area contributed by atoms with E-state index in [4.69, 9.17) is 5.11 Å². The number of non-ortho nitro benzene ring substituents is 1. The highest BCUT2D eigenvalue weighted by molar-refractivity contribution is 7.89. The fraction of sp³-hybridized carbons (Fsp3) is 0.462. The van der Waals surface area contributed by atoms with Gasteiger partial charge in [0.15, 0.2) is 0 Å². The van der Waals surface area contributed by atoms with Crippen LogP contribution in [0, 0.1) is 16.0 Å². The average molecular weight is 328 g/mol. The molecular formula is C13H16N2O6S. The fourth-order valence-electron chi connectivity index (χ4n) is 2.49. The molecule has 1 aromatic carbocycles. The van der Waals surface area contributed by atoms with Crippen LogP contribution in [0.4, 0.5) is 5.69 Å². The first-order chi connectivity index (χ1) is 10.2. The first kappa shape index (κ1) is 16.4. The van der Waals surface area contributed by atoms with Gasteiger partial charge in [-0.25, -0.2) is 8.42 Å². The van der Waals surface area contributed by atoms with E-state index in [1.54, 1.807) is 6.92 Å². The number of carboxylic acids is 1. The number of rotatable bonds is 4. The van der Waals surface area contributed by atoms with Crippen LogP contribution in [0.2, 0.25) is 0 Å². The molecule has 0 bridgehead atoms. The number of carbonyl (C=O) groups is 1. The minimum absolute atomic E-state index is 0.0732. The highest BCUT2D eigenvalue weighted by atomic mass is 32.2. The zero-order chi connectivity index (χ0) is 16.5. The lowest BCUT2D eigenvalue weighted by Gasteiger charge is -2.35. The normalized spacial score (nSPS) is 23.1. The van der Waals surface area contributed by atoms with Crippen LogP contribution in [0.15, 0.2) is 29.2 Å². The van der Waals surface area contributed by atoms with E-state index in [9.17, 15) is 23.3 Å². The summed E-state index contributed by atoms with van der Waals surface area (Å²) in [6.45, 7) is 1.64. The highest BCUT2D eigenvalue weighted by Crippen LogP contribution is 2.29. The van der Waals surface area contributed by atoms with Crippen LogP contribution >= 0.6 is 0 Å². The van der Waals surface area contributed by atoms with Gasteiger partial charge in [0.1, 0.15) is 0 Å². The van der Waals surface area contributed by atoms with Crippen molar-refractivity contribution in [3.05, 3.63) is 34.4 Å². The first-order valence-electron chi connectivity index (χ1n) is 6.72. The van der Waals surface area contributed by atoms with Crippen molar-refractivity contribution in [2.45, 2.75) is 30.7 Å². The number of sulfonamides is 1. The molecule has 8 nitrogen and oxygen atoms in total. The Morgan fingerprint density at radius 1 is 1.32 bits per heavy atom. The molecule has 0 spiro atoms. The Morgan fingerprint density at radius 3 is 2.41 bits per heavy atom. The van der Waals surface area contributed by atoms with Crippen molar-refractivity contribution in [3.63, 3.8) is 0 Å². The maximum absolute atomic E-state index is 12.6. The molecule has 0 saturated carbocycles. The van der Waals surface area contributed by atoms with E-state index in [2.05, 4.69) is 0 Å². The molecule has 1 N–H and O–H groups in total. The summed E-state index contributed by atoms with van der Waals surface area (Å²) < 4.78 is 26.4. The van der Waals surface area contributed by atoms with Crippen molar-refractivity contribution in [2.75, 3.05) is 6.54 Å².